The van der Waals surface area contributed by atoms with Gasteiger partial charge in [0.15, 0.2) is 0 Å². The van der Waals surface area contributed by atoms with E-state index in [1.807, 2.05) is 0 Å². The maximum atomic E-state index is 11.7. The number of carbonyl (C=O) groups is 1. The summed E-state index contributed by atoms with van der Waals surface area (Å²) in [5.41, 5.74) is 6.41. The second-order valence-corrected chi connectivity index (χ2v) is 3.57. The number of amides is 1. The molecule has 0 radical (unpaired) electrons. The summed E-state index contributed by atoms with van der Waals surface area (Å²) in [6, 6.07) is 1.80. The molecule has 0 spiro atoms. The van der Waals surface area contributed by atoms with Crippen LogP contribution in [0.5, 0.6) is 0 Å². The Kier molecular flexibility index (Phi) is 4.17. The molecule has 0 bridgehead atoms. The van der Waals surface area contributed by atoms with Crippen LogP contribution in [0.2, 0.25) is 0 Å². The molecule has 5 nitrogen and oxygen atoms in total. The fraction of sp³-hybridized carbons (Fsp3) is 0.500. The zero-order valence-corrected chi connectivity index (χ0v) is 9.05. The number of hydrogen-bond acceptors (Lipinski definition) is 4. The molecule has 0 saturated carbocycles. The van der Waals surface area contributed by atoms with Crippen molar-refractivity contribution >= 4 is 5.91 Å². The van der Waals surface area contributed by atoms with Gasteiger partial charge in [0, 0.05) is 39.0 Å². The first-order valence-corrected chi connectivity index (χ1v) is 4.81. The largest absolute Gasteiger partial charge is 0.349 e. The van der Waals surface area contributed by atoms with E-state index in [0.717, 1.165) is 5.69 Å². The minimum absolute atomic E-state index is 0.0381. The van der Waals surface area contributed by atoms with Crippen LogP contribution in [0.15, 0.2) is 18.6 Å². The van der Waals surface area contributed by atoms with Crippen molar-refractivity contribution in [1.82, 2.24) is 14.9 Å². The third-order valence-corrected chi connectivity index (χ3v) is 2.17. The first-order chi connectivity index (χ1) is 7.15. The number of nitrogens with zero attached hydrogens (tertiary/aromatic N) is 3. The molecule has 2 N–H and O–H groups in total. The lowest BCUT2D eigenvalue weighted by Crippen LogP contribution is -2.35. The van der Waals surface area contributed by atoms with Crippen LogP contribution in [-0.2, 0) is 11.2 Å². The second-order valence-electron chi connectivity index (χ2n) is 3.57. The lowest BCUT2D eigenvalue weighted by molar-refractivity contribution is -0.132. The normalized spacial score (nSPS) is 12.2. The van der Waals surface area contributed by atoms with Gasteiger partial charge in [-0.05, 0) is 6.07 Å². The zero-order chi connectivity index (χ0) is 11.3. The zero-order valence-electron chi connectivity index (χ0n) is 9.05. The lowest BCUT2D eigenvalue weighted by Gasteiger charge is -2.18. The Balaban J connectivity index is 2.66. The molecular weight excluding hydrogens is 192 g/mol. The first kappa shape index (κ1) is 11.6. The van der Waals surface area contributed by atoms with E-state index < -0.39 is 0 Å². The summed E-state index contributed by atoms with van der Waals surface area (Å²) in [6.45, 7) is 0.334. The van der Waals surface area contributed by atoms with Crippen molar-refractivity contribution in [3.8, 4) is 0 Å². The second kappa shape index (κ2) is 5.41. The van der Waals surface area contributed by atoms with Gasteiger partial charge in [0.25, 0.3) is 0 Å². The Morgan fingerprint density at radius 2 is 2.33 bits per heavy atom. The van der Waals surface area contributed by atoms with E-state index in [4.69, 9.17) is 5.73 Å². The van der Waals surface area contributed by atoms with Crippen LogP contribution in [0, 0.1) is 5.92 Å². The van der Waals surface area contributed by atoms with Crippen molar-refractivity contribution < 1.29 is 4.79 Å². The Hall–Kier alpha value is -1.49. The molecule has 1 amide bonds. The Bertz CT molecular complexity index is 312. The van der Waals surface area contributed by atoms with Crippen LogP contribution in [0.4, 0.5) is 0 Å². The predicted octanol–water partition coefficient (Wildman–Crippen LogP) is -0.318. The van der Waals surface area contributed by atoms with Crippen LogP contribution in [-0.4, -0.2) is 41.4 Å². The quantitative estimate of drug-likeness (QED) is 0.736. The lowest BCUT2D eigenvalue weighted by atomic mass is 10.0. The summed E-state index contributed by atoms with van der Waals surface area (Å²) in [4.78, 5) is 21.1. The van der Waals surface area contributed by atoms with E-state index in [2.05, 4.69) is 9.97 Å². The standard InChI is InChI=1S/C10H16N4O/c1-14(2)10(15)8(6-11)5-9-3-4-12-7-13-9/h3-4,7-8H,5-6,11H2,1-2H3. The van der Waals surface area contributed by atoms with E-state index >= 15 is 0 Å². The minimum Gasteiger partial charge on any atom is -0.349 e. The number of hydrogen-bond donors (Lipinski definition) is 1. The minimum atomic E-state index is -0.199. The highest BCUT2D eigenvalue weighted by atomic mass is 16.2. The van der Waals surface area contributed by atoms with Crippen LogP contribution in [0.25, 0.3) is 0 Å². The maximum Gasteiger partial charge on any atom is 0.226 e. The number of nitrogens with two attached hydrogens (primary N) is 1. The molecule has 15 heavy (non-hydrogen) atoms. The summed E-state index contributed by atoms with van der Waals surface area (Å²) in [6.07, 6.45) is 3.70. The van der Waals surface area contributed by atoms with Gasteiger partial charge in [-0.1, -0.05) is 0 Å². The van der Waals surface area contributed by atoms with Crippen molar-refractivity contribution in [2.45, 2.75) is 6.42 Å². The third-order valence-electron chi connectivity index (χ3n) is 2.17. The molecular formula is C10H16N4O. The Morgan fingerprint density at radius 1 is 1.60 bits per heavy atom. The van der Waals surface area contributed by atoms with Crippen molar-refractivity contribution in [2.75, 3.05) is 20.6 Å². The fourth-order valence-corrected chi connectivity index (χ4v) is 1.33. The number of rotatable bonds is 4. The van der Waals surface area contributed by atoms with Crippen LogP contribution >= 0.6 is 0 Å². The highest BCUT2D eigenvalue weighted by molar-refractivity contribution is 5.78. The molecule has 0 aliphatic carbocycles. The molecule has 0 aromatic carbocycles. The monoisotopic (exact) mass is 208 g/mol. The van der Waals surface area contributed by atoms with Gasteiger partial charge < -0.3 is 10.6 Å². The molecule has 5 heteroatoms. The summed E-state index contributed by atoms with van der Waals surface area (Å²) >= 11 is 0. The van der Waals surface area contributed by atoms with Crippen molar-refractivity contribution in [3.63, 3.8) is 0 Å². The number of carbonyl (C=O) groups excluding carboxylic acids is 1. The summed E-state index contributed by atoms with van der Waals surface area (Å²) in [5, 5.41) is 0. The van der Waals surface area contributed by atoms with Crippen molar-refractivity contribution in [2.24, 2.45) is 11.7 Å². The molecule has 1 heterocycles. The van der Waals surface area contributed by atoms with Crippen LogP contribution in [0.3, 0.4) is 0 Å². The van der Waals surface area contributed by atoms with E-state index in [9.17, 15) is 4.79 Å². The molecule has 1 rings (SSSR count). The van der Waals surface area contributed by atoms with E-state index in [0.29, 0.717) is 13.0 Å². The van der Waals surface area contributed by atoms with Gasteiger partial charge in [0.2, 0.25) is 5.91 Å². The SMILES string of the molecule is CN(C)C(=O)C(CN)Cc1ccncn1. The highest BCUT2D eigenvalue weighted by Crippen LogP contribution is 2.06. The van der Waals surface area contributed by atoms with Gasteiger partial charge >= 0.3 is 0 Å². The molecule has 0 fully saturated rings. The average molecular weight is 208 g/mol. The Labute approximate surface area is 89.3 Å². The van der Waals surface area contributed by atoms with Gasteiger partial charge in [-0.2, -0.15) is 0 Å². The first-order valence-electron chi connectivity index (χ1n) is 4.81. The average Bonchev–Trinajstić information content (AvgIpc) is 2.26. The van der Waals surface area contributed by atoms with Crippen molar-refractivity contribution in [1.29, 1.82) is 0 Å². The highest BCUT2D eigenvalue weighted by Gasteiger charge is 2.19. The Morgan fingerprint density at radius 3 is 2.80 bits per heavy atom. The van der Waals surface area contributed by atoms with E-state index in [1.54, 1.807) is 31.3 Å². The molecule has 82 valence electrons. The molecule has 0 aliphatic rings. The topological polar surface area (TPSA) is 72.1 Å². The molecule has 1 aromatic heterocycles. The number of aromatic nitrogens is 2. The van der Waals surface area contributed by atoms with Gasteiger partial charge in [-0.15, -0.1) is 0 Å². The molecule has 1 atom stereocenters. The summed E-state index contributed by atoms with van der Waals surface area (Å²) in [5.74, 6) is -0.161. The van der Waals surface area contributed by atoms with Gasteiger partial charge in [-0.3, -0.25) is 4.79 Å². The molecule has 0 aliphatic heterocycles. The molecule has 0 saturated heterocycles. The smallest absolute Gasteiger partial charge is 0.226 e. The van der Waals surface area contributed by atoms with Crippen molar-refractivity contribution in [3.05, 3.63) is 24.3 Å². The van der Waals surface area contributed by atoms with Crippen LogP contribution in [0.1, 0.15) is 5.69 Å². The van der Waals surface area contributed by atoms with E-state index in [-0.39, 0.29) is 11.8 Å². The van der Waals surface area contributed by atoms with Crippen LogP contribution < -0.4 is 5.73 Å². The van der Waals surface area contributed by atoms with Gasteiger partial charge in [0.05, 0.1) is 5.92 Å². The van der Waals surface area contributed by atoms with Gasteiger partial charge in [-0.25, -0.2) is 9.97 Å². The third kappa shape index (κ3) is 3.28. The fourth-order valence-electron chi connectivity index (χ4n) is 1.33. The summed E-state index contributed by atoms with van der Waals surface area (Å²) in [7, 11) is 3.45. The maximum absolute atomic E-state index is 11.7. The molecule has 1 unspecified atom stereocenters. The van der Waals surface area contributed by atoms with E-state index in [1.165, 1.54) is 6.33 Å². The predicted molar refractivity (Wildman–Crippen MR) is 57.0 cm³/mol. The summed E-state index contributed by atoms with van der Waals surface area (Å²) < 4.78 is 0. The molecule has 1 aromatic rings. The van der Waals surface area contributed by atoms with Gasteiger partial charge in [0.1, 0.15) is 6.33 Å².